The summed E-state index contributed by atoms with van der Waals surface area (Å²) < 4.78 is 0.934. The largest absolute Gasteiger partial charge is 0.489 e. The molecule has 3 nitrogen and oxygen atoms in total. The molecule has 6 heteroatoms. The molecule has 2 rings (SSSR count). The van der Waals surface area contributed by atoms with Gasteiger partial charge in [-0.1, -0.05) is 0 Å². The lowest BCUT2D eigenvalue weighted by Gasteiger charge is -2.03. The molecule has 1 heterocycles. The molecule has 0 radical (unpaired) electrons. The van der Waals surface area contributed by atoms with Crippen molar-refractivity contribution < 1.29 is 10.0 Å². The number of hydrogen-bond acceptors (Lipinski definition) is 5. The van der Waals surface area contributed by atoms with Crippen LogP contribution in [0.2, 0.25) is 0 Å². The molecular weight excluding hydrogens is 217 g/mol. The molecule has 0 spiro atoms. The molecule has 1 aromatic heterocycles. The van der Waals surface area contributed by atoms with Crippen molar-refractivity contribution in [1.82, 2.24) is 0 Å². The van der Waals surface area contributed by atoms with Crippen LogP contribution in [0.3, 0.4) is 0 Å². The summed E-state index contributed by atoms with van der Waals surface area (Å²) in [5, 5.41) is 20.6. The maximum absolute atomic E-state index is 9.11. The average Bonchev–Trinajstić information content (AvgIpc) is 2.55. The molecule has 0 amide bonds. The van der Waals surface area contributed by atoms with E-state index < -0.39 is 7.12 Å². The first-order chi connectivity index (χ1) is 6.61. The quantitative estimate of drug-likeness (QED) is 0.323. The van der Waals surface area contributed by atoms with E-state index >= 15 is 0 Å². The number of nitrogen functional groups attached to an aromatic ring is 1. The molecule has 0 unspecified atom stereocenters. The van der Waals surface area contributed by atoms with E-state index in [0.29, 0.717) is 21.4 Å². The van der Waals surface area contributed by atoms with Gasteiger partial charge in [0.1, 0.15) is 0 Å². The third-order valence-electron chi connectivity index (χ3n) is 2.06. The van der Waals surface area contributed by atoms with Gasteiger partial charge < -0.3 is 15.8 Å². The van der Waals surface area contributed by atoms with Crippen LogP contribution in [0.15, 0.2) is 22.4 Å². The highest BCUT2D eigenvalue weighted by molar-refractivity contribution is 7.80. The minimum Gasteiger partial charge on any atom is -0.423 e. The fourth-order valence-electron chi connectivity index (χ4n) is 1.36. The van der Waals surface area contributed by atoms with E-state index in [1.807, 2.05) is 6.07 Å². The highest BCUT2D eigenvalue weighted by atomic mass is 32.1. The maximum atomic E-state index is 9.11. The third-order valence-corrected chi connectivity index (χ3v) is 3.42. The number of thiol groups is 1. The van der Waals surface area contributed by atoms with E-state index in [1.54, 1.807) is 11.4 Å². The van der Waals surface area contributed by atoms with Crippen molar-refractivity contribution in [2.75, 3.05) is 5.73 Å². The number of thiophene rings is 1. The number of rotatable bonds is 1. The summed E-state index contributed by atoms with van der Waals surface area (Å²) in [5.41, 5.74) is 6.75. The van der Waals surface area contributed by atoms with Gasteiger partial charge in [0.15, 0.2) is 0 Å². The van der Waals surface area contributed by atoms with Crippen LogP contribution in [0.5, 0.6) is 0 Å². The predicted octanol–water partition coefficient (Wildman–Crippen LogP) is 0.452. The van der Waals surface area contributed by atoms with Crippen molar-refractivity contribution in [3.05, 3.63) is 17.5 Å². The highest BCUT2D eigenvalue weighted by Crippen LogP contribution is 2.29. The summed E-state index contributed by atoms with van der Waals surface area (Å²) in [4.78, 5) is 0.651. The molecule has 2 aromatic rings. The minimum absolute atomic E-state index is 0.443. The molecule has 4 N–H and O–H groups in total. The molecule has 0 aliphatic carbocycles. The Bertz CT molecular complexity index is 483. The summed E-state index contributed by atoms with van der Waals surface area (Å²) >= 11 is 5.61. The zero-order valence-electron chi connectivity index (χ0n) is 7.14. The van der Waals surface area contributed by atoms with E-state index in [9.17, 15) is 0 Å². The lowest BCUT2D eigenvalue weighted by Crippen LogP contribution is -2.29. The van der Waals surface area contributed by atoms with Crippen molar-refractivity contribution in [1.29, 1.82) is 0 Å². The first-order valence-corrected chi connectivity index (χ1v) is 5.28. The van der Waals surface area contributed by atoms with E-state index in [0.717, 1.165) is 4.70 Å². The lowest BCUT2D eigenvalue weighted by molar-refractivity contribution is 0.426. The van der Waals surface area contributed by atoms with Gasteiger partial charge in [0.25, 0.3) is 0 Å². The average molecular weight is 225 g/mol. The number of fused-ring (bicyclic) bond motifs is 1. The van der Waals surface area contributed by atoms with E-state index in [-0.39, 0.29) is 0 Å². The van der Waals surface area contributed by atoms with Gasteiger partial charge >= 0.3 is 7.12 Å². The summed E-state index contributed by atoms with van der Waals surface area (Å²) in [6.07, 6.45) is 0. The standard InChI is InChI=1S/C8H8BNO2S2/c10-8-5(13)1-2-6-7(8)4(3-14-6)9(11)12/h1-3,11-13H,10H2. The Morgan fingerprint density at radius 1 is 1.36 bits per heavy atom. The maximum Gasteiger partial charge on any atom is 0.489 e. The van der Waals surface area contributed by atoms with Gasteiger partial charge in [0.2, 0.25) is 0 Å². The van der Waals surface area contributed by atoms with Crippen LogP contribution in [0.1, 0.15) is 0 Å². The van der Waals surface area contributed by atoms with Gasteiger partial charge in [-0.25, -0.2) is 0 Å². The second-order valence-corrected chi connectivity index (χ2v) is 4.33. The molecule has 0 fully saturated rings. The van der Waals surface area contributed by atoms with Gasteiger partial charge in [-0.2, -0.15) is 0 Å². The van der Waals surface area contributed by atoms with Crippen molar-refractivity contribution >= 4 is 52.3 Å². The normalized spacial score (nSPS) is 10.8. The molecule has 1 aromatic carbocycles. The summed E-state index contributed by atoms with van der Waals surface area (Å²) in [6.45, 7) is 0. The molecule has 0 aliphatic rings. The van der Waals surface area contributed by atoms with Gasteiger partial charge in [0, 0.05) is 20.4 Å². The highest BCUT2D eigenvalue weighted by Gasteiger charge is 2.18. The molecule has 0 bridgehead atoms. The number of benzene rings is 1. The molecule has 0 aliphatic heterocycles. The first-order valence-electron chi connectivity index (χ1n) is 3.96. The Morgan fingerprint density at radius 3 is 2.71 bits per heavy atom. The molecule has 14 heavy (non-hydrogen) atoms. The van der Waals surface area contributed by atoms with E-state index in [4.69, 9.17) is 15.8 Å². The monoisotopic (exact) mass is 225 g/mol. The van der Waals surface area contributed by atoms with E-state index in [2.05, 4.69) is 12.6 Å². The van der Waals surface area contributed by atoms with Gasteiger partial charge in [-0.05, 0) is 17.5 Å². The van der Waals surface area contributed by atoms with Crippen molar-refractivity contribution in [3.8, 4) is 0 Å². The molecule has 0 saturated heterocycles. The Kier molecular flexibility index (Phi) is 2.44. The van der Waals surface area contributed by atoms with Gasteiger partial charge in [-0.3, -0.25) is 0 Å². The smallest absolute Gasteiger partial charge is 0.423 e. The van der Waals surface area contributed by atoms with Crippen molar-refractivity contribution in [3.63, 3.8) is 0 Å². The molecule has 72 valence electrons. The van der Waals surface area contributed by atoms with Crippen LogP contribution in [-0.4, -0.2) is 17.2 Å². The summed E-state index contributed by atoms with van der Waals surface area (Å²) in [5.74, 6) is 0. The molecule has 0 saturated carbocycles. The zero-order valence-corrected chi connectivity index (χ0v) is 8.85. The second-order valence-electron chi connectivity index (χ2n) is 2.94. The number of anilines is 1. The molecular formula is C8H8BNO2S2. The van der Waals surface area contributed by atoms with E-state index in [1.165, 1.54) is 11.3 Å². The minimum atomic E-state index is -1.49. The zero-order chi connectivity index (χ0) is 10.3. The Labute approximate surface area is 90.7 Å². The summed E-state index contributed by atoms with van der Waals surface area (Å²) in [6, 6.07) is 3.66. The third kappa shape index (κ3) is 1.40. The van der Waals surface area contributed by atoms with Gasteiger partial charge in [0.05, 0.1) is 5.69 Å². The Morgan fingerprint density at radius 2 is 2.07 bits per heavy atom. The SMILES string of the molecule is Nc1c(S)ccc2scc(B(O)O)c12. The topological polar surface area (TPSA) is 66.5 Å². The Hall–Kier alpha value is -0.685. The van der Waals surface area contributed by atoms with Crippen LogP contribution >= 0.6 is 24.0 Å². The van der Waals surface area contributed by atoms with Crippen LogP contribution < -0.4 is 11.2 Å². The number of hydrogen-bond donors (Lipinski definition) is 4. The first kappa shape index (κ1) is 9.85. The Balaban J connectivity index is 2.82. The van der Waals surface area contributed by atoms with Crippen molar-refractivity contribution in [2.24, 2.45) is 0 Å². The number of nitrogens with two attached hydrogens (primary N) is 1. The van der Waals surface area contributed by atoms with Crippen LogP contribution in [0, 0.1) is 0 Å². The van der Waals surface area contributed by atoms with Crippen LogP contribution in [0.25, 0.3) is 10.1 Å². The van der Waals surface area contributed by atoms with Crippen molar-refractivity contribution in [2.45, 2.75) is 4.90 Å². The van der Waals surface area contributed by atoms with Gasteiger partial charge in [-0.15, -0.1) is 24.0 Å². The lowest BCUT2D eigenvalue weighted by atomic mass is 9.80. The molecule has 0 atom stereocenters. The summed E-state index contributed by atoms with van der Waals surface area (Å²) in [7, 11) is -1.49. The fourth-order valence-corrected chi connectivity index (χ4v) is 2.53. The second kappa shape index (κ2) is 3.47. The van der Waals surface area contributed by atoms with Crippen LogP contribution in [0.4, 0.5) is 5.69 Å². The predicted molar refractivity (Wildman–Crippen MR) is 63.3 cm³/mol. The fraction of sp³-hybridized carbons (Fsp3) is 0. The van der Waals surface area contributed by atoms with Crippen LogP contribution in [-0.2, 0) is 0 Å².